The molecule has 0 radical (unpaired) electrons. The third-order valence-corrected chi connectivity index (χ3v) is 3.15. The summed E-state index contributed by atoms with van der Waals surface area (Å²) in [5.74, 6) is 0.986. The number of hydrogen-bond acceptors (Lipinski definition) is 4. The summed E-state index contributed by atoms with van der Waals surface area (Å²) in [6.07, 6.45) is 3.08. The molecule has 0 aliphatic rings. The van der Waals surface area contributed by atoms with Crippen molar-refractivity contribution in [1.29, 1.82) is 0 Å². The molecule has 2 rings (SSSR count). The highest BCUT2D eigenvalue weighted by Gasteiger charge is 2.18. The van der Waals surface area contributed by atoms with E-state index in [1.165, 1.54) is 0 Å². The molecule has 0 spiro atoms. The largest absolute Gasteiger partial charge is 0.359 e. The zero-order valence-corrected chi connectivity index (χ0v) is 13.2. The summed E-state index contributed by atoms with van der Waals surface area (Å²) >= 11 is 0. The minimum atomic E-state index is -0.212. The SMILES string of the molecule is CCc1c(C(=O)Nc2cc(CC(C)(C)C)on2)cnn1C. The van der Waals surface area contributed by atoms with Gasteiger partial charge in [-0.25, -0.2) is 0 Å². The van der Waals surface area contributed by atoms with E-state index in [0.29, 0.717) is 11.4 Å². The third-order valence-electron chi connectivity index (χ3n) is 3.15. The van der Waals surface area contributed by atoms with Gasteiger partial charge in [-0.05, 0) is 11.8 Å². The maximum Gasteiger partial charge on any atom is 0.260 e. The summed E-state index contributed by atoms with van der Waals surface area (Å²) in [5, 5.41) is 10.8. The maximum absolute atomic E-state index is 12.3. The molecular formula is C15H22N4O2. The van der Waals surface area contributed by atoms with Crippen molar-refractivity contribution < 1.29 is 9.32 Å². The van der Waals surface area contributed by atoms with Crippen LogP contribution in [-0.2, 0) is 19.9 Å². The lowest BCUT2D eigenvalue weighted by Gasteiger charge is -2.14. The lowest BCUT2D eigenvalue weighted by Crippen LogP contribution is -2.14. The van der Waals surface area contributed by atoms with Gasteiger partial charge < -0.3 is 9.84 Å². The monoisotopic (exact) mass is 290 g/mol. The maximum atomic E-state index is 12.3. The molecule has 6 heteroatoms. The Kier molecular flexibility index (Phi) is 4.16. The average Bonchev–Trinajstić information content (AvgIpc) is 2.93. The summed E-state index contributed by atoms with van der Waals surface area (Å²) in [4.78, 5) is 12.3. The first-order chi connectivity index (χ1) is 9.80. The predicted molar refractivity (Wildman–Crippen MR) is 80.2 cm³/mol. The fourth-order valence-electron chi connectivity index (χ4n) is 2.23. The molecule has 2 aromatic rings. The summed E-state index contributed by atoms with van der Waals surface area (Å²) in [6.45, 7) is 8.36. The van der Waals surface area contributed by atoms with E-state index in [2.05, 4.69) is 36.3 Å². The van der Waals surface area contributed by atoms with E-state index < -0.39 is 0 Å². The molecule has 0 atom stereocenters. The molecule has 1 N–H and O–H groups in total. The molecule has 2 heterocycles. The van der Waals surface area contributed by atoms with Gasteiger partial charge in [-0.3, -0.25) is 9.48 Å². The molecule has 1 amide bonds. The van der Waals surface area contributed by atoms with Gasteiger partial charge in [-0.15, -0.1) is 0 Å². The van der Waals surface area contributed by atoms with E-state index >= 15 is 0 Å². The second-order valence-electron chi connectivity index (χ2n) is 6.35. The topological polar surface area (TPSA) is 73.0 Å². The second-order valence-corrected chi connectivity index (χ2v) is 6.35. The number of anilines is 1. The molecule has 0 unspecified atom stereocenters. The zero-order valence-electron chi connectivity index (χ0n) is 13.2. The molecule has 0 aromatic carbocycles. The number of aromatic nitrogens is 3. The summed E-state index contributed by atoms with van der Waals surface area (Å²) in [6, 6.07) is 1.77. The molecule has 0 aliphatic carbocycles. The van der Waals surface area contributed by atoms with Crippen LogP contribution in [0, 0.1) is 5.41 Å². The van der Waals surface area contributed by atoms with Crippen LogP contribution in [0.2, 0.25) is 0 Å². The molecule has 6 nitrogen and oxygen atoms in total. The van der Waals surface area contributed by atoms with Gasteiger partial charge in [0.15, 0.2) is 5.82 Å². The van der Waals surface area contributed by atoms with Crippen LogP contribution in [0.5, 0.6) is 0 Å². The molecule has 0 saturated heterocycles. The molecule has 0 bridgehead atoms. The van der Waals surface area contributed by atoms with Gasteiger partial charge in [0.25, 0.3) is 5.91 Å². The van der Waals surface area contributed by atoms with Crippen molar-refractivity contribution in [3.05, 3.63) is 29.3 Å². The quantitative estimate of drug-likeness (QED) is 0.939. The second kappa shape index (κ2) is 5.71. The number of carbonyl (C=O) groups is 1. The van der Waals surface area contributed by atoms with Crippen molar-refractivity contribution in [1.82, 2.24) is 14.9 Å². The highest BCUT2D eigenvalue weighted by atomic mass is 16.5. The Morgan fingerprint density at radius 1 is 1.43 bits per heavy atom. The van der Waals surface area contributed by atoms with Crippen molar-refractivity contribution >= 4 is 11.7 Å². The Morgan fingerprint density at radius 3 is 2.76 bits per heavy atom. The standard InChI is InChI=1S/C15H22N4O2/c1-6-12-11(9-16-19(12)5)14(20)17-13-7-10(21-18-13)8-15(2,3)4/h7,9H,6,8H2,1-5H3,(H,17,18,20). The van der Waals surface area contributed by atoms with Crippen LogP contribution >= 0.6 is 0 Å². The minimum absolute atomic E-state index is 0.111. The molecule has 21 heavy (non-hydrogen) atoms. The van der Waals surface area contributed by atoms with Crippen LogP contribution in [0.1, 0.15) is 49.5 Å². The normalized spacial score (nSPS) is 11.7. The molecule has 0 aliphatic heterocycles. The summed E-state index contributed by atoms with van der Waals surface area (Å²) < 4.78 is 6.96. The number of hydrogen-bond donors (Lipinski definition) is 1. The average molecular weight is 290 g/mol. The van der Waals surface area contributed by atoms with Crippen molar-refractivity contribution in [3.63, 3.8) is 0 Å². The van der Waals surface area contributed by atoms with Crippen LogP contribution in [0.25, 0.3) is 0 Å². The molecule has 0 saturated carbocycles. The van der Waals surface area contributed by atoms with E-state index in [-0.39, 0.29) is 11.3 Å². The van der Waals surface area contributed by atoms with E-state index in [9.17, 15) is 4.79 Å². The zero-order chi connectivity index (χ0) is 15.6. The smallest absolute Gasteiger partial charge is 0.260 e. The lowest BCUT2D eigenvalue weighted by atomic mass is 9.91. The van der Waals surface area contributed by atoms with Crippen molar-refractivity contribution in [2.75, 3.05) is 5.32 Å². The third kappa shape index (κ3) is 3.71. The Morgan fingerprint density at radius 2 is 2.14 bits per heavy atom. The van der Waals surface area contributed by atoms with Gasteiger partial charge in [0.1, 0.15) is 5.76 Å². The van der Waals surface area contributed by atoms with Crippen molar-refractivity contribution in [2.45, 2.75) is 40.5 Å². The number of rotatable bonds is 4. The van der Waals surface area contributed by atoms with Gasteiger partial charge in [-0.2, -0.15) is 5.10 Å². The Labute approximate surface area is 124 Å². The fourth-order valence-corrected chi connectivity index (χ4v) is 2.23. The van der Waals surface area contributed by atoms with Gasteiger partial charge >= 0.3 is 0 Å². The van der Waals surface area contributed by atoms with Crippen LogP contribution in [0.15, 0.2) is 16.8 Å². The van der Waals surface area contributed by atoms with Crippen LogP contribution in [-0.4, -0.2) is 20.8 Å². The van der Waals surface area contributed by atoms with Crippen LogP contribution < -0.4 is 5.32 Å². The Hall–Kier alpha value is -2.11. The number of carbonyl (C=O) groups excluding carboxylic acids is 1. The van der Waals surface area contributed by atoms with E-state index in [0.717, 1.165) is 24.3 Å². The number of aryl methyl sites for hydroxylation is 1. The van der Waals surface area contributed by atoms with E-state index in [1.54, 1.807) is 16.9 Å². The molecule has 2 aromatic heterocycles. The van der Waals surface area contributed by atoms with Crippen LogP contribution in [0.3, 0.4) is 0 Å². The highest BCUT2D eigenvalue weighted by Crippen LogP contribution is 2.22. The van der Waals surface area contributed by atoms with Crippen molar-refractivity contribution in [2.24, 2.45) is 12.5 Å². The Bertz CT molecular complexity index is 634. The first-order valence-corrected chi connectivity index (χ1v) is 7.08. The molecule has 114 valence electrons. The summed E-state index contributed by atoms with van der Waals surface area (Å²) in [7, 11) is 1.83. The van der Waals surface area contributed by atoms with Gasteiger partial charge in [0.2, 0.25) is 0 Å². The number of nitrogens with one attached hydrogen (secondary N) is 1. The predicted octanol–water partition coefficient (Wildman–Crippen LogP) is 2.81. The van der Waals surface area contributed by atoms with Crippen molar-refractivity contribution in [3.8, 4) is 0 Å². The minimum Gasteiger partial charge on any atom is -0.359 e. The van der Waals surface area contributed by atoms with Gasteiger partial charge in [0.05, 0.1) is 17.5 Å². The Balaban J connectivity index is 2.09. The van der Waals surface area contributed by atoms with Crippen LogP contribution in [0.4, 0.5) is 5.82 Å². The van der Waals surface area contributed by atoms with E-state index in [4.69, 9.17) is 4.52 Å². The first kappa shape index (κ1) is 15.3. The molecular weight excluding hydrogens is 268 g/mol. The number of nitrogens with zero attached hydrogens (tertiary/aromatic N) is 3. The molecule has 0 fully saturated rings. The van der Waals surface area contributed by atoms with E-state index in [1.807, 2.05) is 14.0 Å². The van der Waals surface area contributed by atoms with Gasteiger partial charge in [0, 0.05) is 19.5 Å². The lowest BCUT2D eigenvalue weighted by molar-refractivity contribution is 0.102. The first-order valence-electron chi connectivity index (χ1n) is 7.08. The fraction of sp³-hybridized carbons (Fsp3) is 0.533. The van der Waals surface area contributed by atoms with Gasteiger partial charge in [-0.1, -0.05) is 32.9 Å². The highest BCUT2D eigenvalue weighted by molar-refractivity contribution is 6.04. The summed E-state index contributed by atoms with van der Waals surface area (Å²) in [5.41, 5.74) is 1.57. The number of amides is 1.